The standard InChI is InChI=1S/C24H34N2O/c1-25(2)14-11-20-7-9-21(10-8-20)17-22-12-15-26(16-13-22)19-23-5-4-6-24(18-23)27-3/h4-10,18,22H,11-17,19H2,1-3H3. The molecule has 0 aromatic heterocycles. The van der Waals surface area contributed by atoms with E-state index in [1.165, 1.54) is 49.0 Å². The molecule has 0 atom stereocenters. The first kappa shape index (κ1) is 19.9. The first-order valence-corrected chi connectivity index (χ1v) is 10.2. The first-order valence-electron chi connectivity index (χ1n) is 10.2. The van der Waals surface area contributed by atoms with E-state index in [2.05, 4.69) is 66.4 Å². The van der Waals surface area contributed by atoms with Crippen LogP contribution in [0.25, 0.3) is 0 Å². The zero-order chi connectivity index (χ0) is 19.1. The normalized spacial score (nSPS) is 16.0. The highest BCUT2D eigenvalue weighted by Gasteiger charge is 2.19. The summed E-state index contributed by atoms with van der Waals surface area (Å²) in [5, 5.41) is 0. The molecule has 27 heavy (non-hydrogen) atoms. The molecule has 1 fully saturated rings. The third-order valence-electron chi connectivity index (χ3n) is 5.64. The molecule has 146 valence electrons. The van der Waals surface area contributed by atoms with Crippen LogP contribution in [0.3, 0.4) is 0 Å². The van der Waals surface area contributed by atoms with E-state index in [1.807, 2.05) is 6.07 Å². The van der Waals surface area contributed by atoms with Crippen LogP contribution in [0.15, 0.2) is 48.5 Å². The van der Waals surface area contributed by atoms with Crippen LogP contribution in [0.5, 0.6) is 5.75 Å². The number of likely N-dealkylation sites (N-methyl/N-ethyl adjacent to an activating group) is 1. The van der Waals surface area contributed by atoms with Gasteiger partial charge in [-0.1, -0.05) is 36.4 Å². The summed E-state index contributed by atoms with van der Waals surface area (Å²) in [6.07, 6.45) is 4.95. The fourth-order valence-corrected chi connectivity index (χ4v) is 3.91. The van der Waals surface area contributed by atoms with E-state index in [0.29, 0.717) is 0 Å². The molecule has 0 amide bonds. The molecule has 2 aromatic carbocycles. The van der Waals surface area contributed by atoms with E-state index < -0.39 is 0 Å². The van der Waals surface area contributed by atoms with Crippen molar-refractivity contribution in [2.45, 2.75) is 32.2 Å². The van der Waals surface area contributed by atoms with Gasteiger partial charge in [-0.3, -0.25) is 4.90 Å². The van der Waals surface area contributed by atoms with Gasteiger partial charge < -0.3 is 9.64 Å². The fraction of sp³-hybridized carbons (Fsp3) is 0.500. The van der Waals surface area contributed by atoms with Crippen molar-refractivity contribution in [3.63, 3.8) is 0 Å². The summed E-state index contributed by atoms with van der Waals surface area (Å²) in [7, 11) is 6.00. The average molecular weight is 367 g/mol. The number of nitrogens with zero attached hydrogens (tertiary/aromatic N) is 2. The van der Waals surface area contributed by atoms with E-state index in [-0.39, 0.29) is 0 Å². The van der Waals surface area contributed by atoms with Gasteiger partial charge in [0.25, 0.3) is 0 Å². The van der Waals surface area contributed by atoms with Gasteiger partial charge in [0.05, 0.1) is 7.11 Å². The number of hydrogen-bond acceptors (Lipinski definition) is 3. The van der Waals surface area contributed by atoms with Crippen molar-refractivity contribution in [3.05, 3.63) is 65.2 Å². The van der Waals surface area contributed by atoms with Gasteiger partial charge in [-0.2, -0.15) is 0 Å². The Morgan fingerprint density at radius 1 is 0.963 bits per heavy atom. The lowest BCUT2D eigenvalue weighted by atomic mass is 9.89. The number of ether oxygens (including phenoxy) is 1. The lowest BCUT2D eigenvalue weighted by Gasteiger charge is -2.32. The molecule has 3 rings (SSSR count). The summed E-state index contributed by atoms with van der Waals surface area (Å²) in [6, 6.07) is 17.8. The Labute approximate surface area is 164 Å². The summed E-state index contributed by atoms with van der Waals surface area (Å²) in [4.78, 5) is 4.82. The van der Waals surface area contributed by atoms with Gasteiger partial charge in [0.2, 0.25) is 0 Å². The molecule has 0 saturated carbocycles. The van der Waals surface area contributed by atoms with Gasteiger partial charge in [0, 0.05) is 13.1 Å². The maximum absolute atomic E-state index is 5.34. The Morgan fingerprint density at radius 3 is 2.33 bits per heavy atom. The second-order valence-corrected chi connectivity index (χ2v) is 8.14. The molecule has 3 nitrogen and oxygen atoms in total. The van der Waals surface area contributed by atoms with Gasteiger partial charge >= 0.3 is 0 Å². The van der Waals surface area contributed by atoms with E-state index in [1.54, 1.807) is 7.11 Å². The molecule has 1 aliphatic rings. The highest BCUT2D eigenvalue weighted by atomic mass is 16.5. The predicted molar refractivity (Wildman–Crippen MR) is 113 cm³/mol. The van der Waals surface area contributed by atoms with Crippen LogP contribution in [0.4, 0.5) is 0 Å². The molecule has 2 aromatic rings. The van der Waals surface area contributed by atoms with Crippen molar-refractivity contribution < 1.29 is 4.74 Å². The van der Waals surface area contributed by atoms with Crippen molar-refractivity contribution in [3.8, 4) is 5.75 Å². The molecule has 3 heteroatoms. The van der Waals surface area contributed by atoms with Gasteiger partial charge in [0.1, 0.15) is 5.75 Å². The summed E-state index contributed by atoms with van der Waals surface area (Å²) in [5.74, 6) is 1.77. The van der Waals surface area contributed by atoms with Gasteiger partial charge in [-0.15, -0.1) is 0 Å². The Hall–Kier alpha value is -1.84. The molecule has 0 N–H and O–H groups in total. The Balaban J connectivity index is 1.43. The van der Waals surface area contributed by atoms with Crippen LogP contribution < -0.4 is 4.74 Å². The number of rotatable bonds is 8. The van der Waals surface area contributed by atoms with E-state index in [9.17, 15) is 0 Å². The molecular formula is C24H34N2O. The Morgan fingerprint density at radius 2 is 1.67 bits per heavy atom. The number of piperidine rings is 1. The predicted octanol–water partition coefficient (Wildman–Crippen LogP) is 4.25. The van der Waals surface area contributed by atoms with Crippen LogP contribution in [0, 0.1) is 5.92 Å². The highest BCUT2D eigenvalue weighted by molar-refractivity contribution is 5.28. The molecular weight excluding hydrogens is 332 g/mol. The Bertz CT molecular complexity index is 688. The number of benzene rings is 2. The van der Waals surface area contributed by atoms with E-state index in [0.717, 1.165) is 31.2 Å². The first-order chi connectivity index (χ1) is 13.1. The fourth-order valence-electron chi connectivity index (χ4n) is 3.91. The lowest BCUT2D eigenvalue weighted by Crippen LogP contribution is -2.33. The van der Waals surface area contributed by atoms with Crippen molar-refractivity contribution >= 4 is 0 Å². The third kappa shape index (κ3) is 6.37. The number of methoxy groups -OCH3 is 1. The topological polar surface area (TPSA) is 15.7 Å². The summed E-state index contributed by atoms with van der Waals surface area (Å²) < 4.78 is 5.34. The third-order valence-corrected chi connectivity index (χ3v) is 5.64. The zero-order valence-corrected chi connectivity index (χ0v) is 17.2. The van der Waals surface area contributed by atoms with E-state index >= 15 is 0 Å². The molecule has 1 heterocycles. The van der Waals surface area contributed by atoms with Crippen molar-refractivity contribution in [2.24, 2.45) is 5.92 Å². The molecule has 1 aliphatic heterocycles. The second kappa shape index (κ2) is 9.91. The average Bonchev–Trinajstić information content (AvgIpc) is 2.69. The molecule has 0 radical (unpaired) electrons. The Kier molecular flexibility index (Phi) is 7.31. The van der Waals surface area contributed by atoms with Crippen LogP contribution >= 0.6 is 0 Å². The van der Waals surface area contributed by atoms with Crippen LogP contribution in [-0.4, -0.2) is 50.6 Å². The molecule has 1 saturated heterocycles. The summed E-state index contributed by atoms with van der Waals surface area (Å²) in [5.41, 5.74) is 4.29. The van der Waals surface area contributed by atoms with E-state index in [4.69, 9.17) is 4.74 Å². The molecule has 0 spiro atoms. The summed E-state index contributed by atoms with van der Waals surface area (Å²) in [6.45, 7) is 4.54. The van der Waals surface area contributed by atoms with Crippen molar-refractivity contribution in [2.75, 3.05) is 40.8 Å². The second-order valence-electron chi connectivity index (χ2n) is 8.14. The number of likely N-dealkylation sites (tertiary alicyclic amines) is 1. The quantitative estimate of drug-likeness (QED) is 0.694. The summed E-state index contributed by atoms with van der Waals surface area (Å²) >= 11 is 0. The largest absolute Gasteiger partial charge is 0.497 e. The monoisotopic (exact) mass is 366 g/mol. The zero-order valence-electron chi connectivity index (χ0n) is 17.2. The minimum absolute atomic E-state index is 0.819. The van der Waals surface area contributed by atoms with Gasteiger partial charge in [-0.25, -0.2) is 0 Å². The molecule has 0 aliphatic carbocycles. The maximum atomic E-state index is 5.34. The van der Waals surface area contributed by atoms with Gasteiger partial charge in [-0.05, 0) is 87.6 Å². The smallest absolute Gasteiger partial charge is 0.119 e. The van der Waals surface area contributed by atoms with Crippen LogP contribution in [0.2, 0.25) is 0 Å². The highest BCUT2D eigenvalue weighted by Crippen LogP contribution is 2.24. The molecule has 0 bridgehead atoms. The minimum atomic E-state index is 0.819. The lowest BCUT2D eigenvalue weighted by molar-refractivity contribution is 0.177. The van der Waals surface area contributed by atoms with Crippen molar-refractivity contribution in [1.82, 2.24) is 9.80 Å². The molecule has 0 unspecified atom stereocenters. The number of hydrogen-bond donors (Lipinski definition) is 0. The van der Waals surface area contributed by atoms with Crippen LogP contribution in [0.1, 0.15) is 29.5 Å². The minimum Gasteiger partial charge on any atom is -0.497 e. The van der Waals surface area contributed by atoms with Gasteiger partial charge in [0.15, 0.2) is 0 Å². The maximum Gasteiger partial charge on any atom is 0.119 e. The van der Waals surface area contributed by atoms with Crippen molar-refractivity contribution in [1.29, 1.82) is 0 Å². The SMILES string of the molecule is COc1cccc(CN2CCC(Cc3ccc(CCN(C)C)cc3)CC2)c1. The van der Waals surface area contributed by atoms with Crippen LogP contribution in [-0.2, 0) is 19.4 Å².